The molecule has 0 aromatic heterocycles. The fraction of sp³-hybridized carbons (Fsp3) is 0.636. The number of hydrogen-bond donors (Lipinski definition) is 1. The van der Waals surface area contributed by atoms with Crippen molar-refractivity contribution in [3.63, 3.8) is 0 Å². The molecule has 0 bridgehead atoms. The van der Waals surface area contributed by atoms with Crippen LogP contribution in [0, 0.1) is 0 Å². The number of benzene rings is 1. The van der Waals surface area contributed by atoms with Crippen LogP contribution in [0.5, 0.6) is 17.2 Å². The molecule has 1 aromatic rings. The van der Waals surface area contributed by atoms with Crippen molar-refractivity contribution in [2.24, 2.45) is 0 Å². The van der Waals surface area contributed by atoms with Gasteiger partial charge in [-0.3, -0.25) is 14.5 Å². The Balaban J connectivity index is 1.42. The zero-order chi connectivity index (χ0) is 22.2. The first-order chi connectivity index (χ1) is 15.0. The molecule has 3 rings (SSSR count). The lowest BCUT2D eigenvalue weighted by atomic mass is 10.2. The summed E-state index contributed by atoms with van der Waals surface area (Å²) in [7, 11) is 4.63. The van der Waals surface area contributed by atoms with Crippen molar-refractivity contribution in [1.82, 2.24) is 14.7 Å². The summed E-state index contributed by atoms with van der Waals surface area (Å²) in [5.41, 5.74) is 0.602. The van der Waals surface area contributed by atoms with E-state index < -0.39 is 0 Å². The lowest BCUT2D eigenvalue weighted by molar-refractivity contribution is -0.131. The smallest absolute Gasteiger partial charge is 0.236 e. The molecule has 1 aromatic carbocycles. The van der Waals surface area contributed by atoms with Crippen molar-refractivity contribution in [3.05, 3.63) is 12.1 Å². The molecule has 0 radical (unpaired) electrons. The van der Waals surface area contributed by atoms with Gasteiger partial charge in [0, 0.05) is 70.1 Å². The third-order valence-corrected chi connectivity index (χ3v) is 5.89. The van der Waals surface area contributed by atoms with E-state index in [1.807, 2.05) is 4.90 Å². The SMILES string of the molecule is COc1cc(NC(=O)CCN2CCN(CC(=O)N3CCCC3)CC2)cc(OC)c1OC. The summed E-state index contributed by atoms with van der Waals surface area (Å²) in [4.78, 5) is 31.2. The molecular formula is C22H34N4O5. The molecule has 0 aliphatic carbocycles. The summed E-state index contributed by atoms with van der Waals surface area (Å²) >= 11 is 0. The second kappa shape index (κ2) is 11.2. The monoisotopic (exact) mass is 434 g/mol. The Morgan fingerprint density at radius 2 is 1.45 bits per heavy atom. The number of carbonyl (C=O) groups excluding carboxylic acids is 2. The van der Waals surface area contributed by atoms with Crippen molar-refractivity contribution in [2.45, 2.75) is 19.3 Å². The summed E-state index contributed by atoms with van der Waals surface area (Å²) < 4.78 is 16.0. The van der Waals surface area contributed by atoms with E-state index in [2.05, 4.69) is 15.1 Å². The largest absolute Gasteiger partial charge is 0.493 e. The first kappa shape index (κ1) is 23.1. The Labute approximate surface area is 184 Å². The zero-order valence-electron chi connectivity index (χ0n) is 18.8. The average molecular weight is 435 g/mol. The highest BCUT2D eigenvalue weighted by Crippen LogP contribution is 2.39. The predicted octanol–water partition coefficient (Wildman–Crippen LogP) is 1.28. The fourth-order valence-corrected chi connectivity index (χ4v) is 4.07. The Bertz CT molecular complexity index is 733. The Hall–Kier alpha value is -2.52. The molecule has 0 spiro atoms. The molecule has 1 N–H and O–H groups in total. The quantitative estimate of drug-likeness (QED) is 0.627. The molecule has 0 atom stereocenters. The van der Waals surface area contributed by atoms with Gasteiger partial charge in [0.05, 0.1) is 27.9 Å². The van der Waals surface area contributed by atoms with Gasteiger partial charge in [-0.15, -0.1) is 0 Å². The van der Waals surface area contributed by atoms with Crippen molar-refractivity contribution >= 4 is 17.5 Å². The van der Waals surface area contributed by atoms with Crippen LogP contribution in [-0.2, 0) is 9.59 Å². The molecule has 2 aliphatic heterocycles. The molecule has 31 heavy (non-hydrogen) atoms. The van der Waals surface area contributed by atoms with Gasteiger partial charge in [0.2, 0.25) is 17.6 Å². The van der Waals surface area contributed by atoms with E-state index in [0.717, 1.165) is 52.1 Å². The molecule has 172 valence electrons. The topological polar surface area (TPSA) is 83.6 Å². The van der Waals surface area contributed by atoms with E-state index in [9.17, 15) is 9.59 Å². The third-order valence-electron chi connectivity index (χ3n) is 5.89. The van der Waals surface area contributed by atoms with Crippen LogP contribution in [0.25, 0.3) is 0 Å². The molecule has 2 saturated heterocycles. The highest BCUT2D eigenvalue weighted by Gasteiger charge is 2.23. The highest BCUT2D eigenvalue weighted by molar-refractivity contribution is 5.91. The van der Waals surface area contributed by atoms with Crippen molar-refractivity contribution in [3.8, 4) is 17.2 Å². The highest BCUT2D eigenvalue weighted by atomic mass is 16.5. The number of amides is 2. The Morgan fingerprint density at radius 1 is 0.871 bits per heavy atom. The van der Waals surface area contributed by atoms with Crippen LogP contribution in [0.15, 0.2) is 12.1 Å². The molecular weight excluding hydrogens is 400 g/mol. The standard InChI is InChI=1S/C22H34N4O5/c1-29-18-14-17(15-19(30-2)22(18)31-3)23-20(27)6-9-24-10-12-25(13-11-24)16-21(28)26-7-4-5-8-26/h14-15H,4-13,16H2,1-3H3,(H,23,27). The minimum Gasteiger partial charge on any atom is -0.493 e. The lowest BCUT2D eigenvalue weighted by Crippen LogP contribution is -2.50. The summed E-state index contributed by atoms with van der Waals surface area (Å²) in [5.74, 6) is 1.66. The van der Waals surface area contributed by atoms with Crippen LogP contribution in [0.3, 0.4) is 0 Å². The average Bonchev–Trinajstić information content (AvgIpc) is 3.33. The predicted molar refractivity (Wildman–Crippen MR) is 118 cm³/mol. The van der Waals surface area contributed by atoms with Crippen LogP contribution in [0.1, 0.15) is 19.3 Å². The molecule has 0 saturated carbocycles. The molecule has 2 fully saturated rings. The normalized spacial score (nSPS) is 17.5. The molecule has 2 amide bonds. The van der Waals surface area contributed by atoms with Gasteiger partial charge in [0.1, 0.15) is 0 Å². The van der Waals surface area contributed by atoms with Crippen molar-refractivity contribution in [1.29, 1.82) is 0 Å². The summed E-state index contributed by atoms with van der Waals surface area (Å²) in [6, 6.07) is 3.44. The zero-order valence-corrected chi connectivity index (χ0v) is 18.8. The first-order valence-electron chi connectivity index (χ1n) is 10.9. The summed E-state index contributed by atoms with van der Waals surface area (Å²) in [6.45, 7) is 6.44. The number of piperazine rings is 1. The van der Waals surface area contributed by atoms with Crippen LogP contribution >= 0.6 is 0 Å². The fourth-order valence-electron chi connectivity index (χ4n) is 4.07. The Kier molecular flexibility index (Phi) is 8.36. The Morgan fingerprint density at radius 3 is 2.00 bits per heavy atom. The number of carbonyl (C=O) groups is 2. The maximum absolute atomic E-state index is 12.5. The lowest BCUT2D eigenvalue weighted by Gasteiger charge is -2.34. The van der Waals surface area contributed by atoms with Crippen LogP contribution < -0.4 is 19.5 Å². The molecule has 9 heteroatoms. The van der Waals surface area contributed by atoms with E-state index in [4.69, 9.17) is 14.2 Å². The number of anilines is 1. The van der Waals surface area contributed by atoms with Crippen LogP contribution in [0.2, 0.25) is 0 Å². The number of rotatable bonds is 9. The van der Waals surface area contributed by atoms with E-state index >= 15 is 0 Å². The first-order valence-corrected chi connectivity index (χ1v) is 10.9. The number of ether oxygens (including phenoxy) is 3. The summed E-state index contributed by atoms with van der Waals surface area (Å²) in [5, 5.41) is 2.91. The minimum atomic E-state index is -0.0686. The second-order valence-electron chi connectivity index (χ2n) is 7.92. The van der Waals surface area contributed by atoms with Crippen LogP contribution in [-0.4, -0.2) is 100 Å². The van der Waals surface area contributed by atoms with Gasteiger partial charge >= 0.3 is 0 Å². The maximum Gasteiger partial charge on any atom is 0.236 e. The van der Waals surface area contributed by atoms with Gasteiger partial charge in [-0.25, -0.2) is 0 Å². The summed E-state index contributed by atoms with van der Waals surface area (Å²) in [6.07, 6.45) is 2.64. The number of hydrogen-bond acceptors (Lipinski definition) is 7. The van der Waals surface area contributed by atoms with E-state index in [1.54, 1.807) is 33.5 Å². The van der Waals surface area contributed by atoms with Gasteiger partial charge in [-0.2, -0.15) is 0 Å². The molecule has 0 unspecified atom stereocenters. The van der Waals surface area contributed by atoms with Gasteiger partial charge < -0.3 is 29.3 Å². The van der Waals surface area contributed by atoms with E-state index in [-0.39, 0.29) is 11.8 Å². The van der Waals surface area contributed by atoms with Gasteiger partial charge in [-0.05, 0) is 12.8 Å². The molecule has 9 nitrogen and oxygen atoms in total. The van der Waals surface area contributed by atoms with E-state index in [0.29, 0.717) is 42.4 Å². The van der Waals surface area contributed by atoms with E-state index in [1.165, 1.54) is 0 Å². The van der Waals surface area contributed by atoms with Crippen molar-refractivity contribution < 1.29 is 23.8 Å². The second-order valence-corrected chi connectivity index (χ2v) is 7.92. The van der Waals surface area contributed by atoms with Gasteiger partial charge in [-0.1, -0.05) is 0 Å². The number of methoxy groups -OCH3 is 3. The molecule has 2 aliphatic rings. The third kappa shape index (κ3) is 6.24. The number of nitrogens with zero attached hydrogens (tertiary/aromatic N) is 3. The number of nitrogens with one attached hydrogen (secondary N) is 1. The van der Waals surface area contributed by atoms with Crippen LogP contribution in [0.4, 0.5) is 5.69 Å². The van der Waals surface area contributed by atoms with Gasteiger partial charge in [0.25, 0.3) is 0 Å². The minimum absolute atomic E-state index is 0.0686. The van der Waals surface area contributed by atoms with Crippen molar-refractivity contribution in [2.75, 3.05) is 79.0 Å². The maximum atomic E-state index is 12.5. The molecule has 2 heterocycles. The number of likely N-dealkylation sites (tertiary alicyclic amines) is 1. The van der Waals surface area contributed by atoms with Gasteiger partial charge in [0.15, 0.2) is 11.5 Å².